The van der Waals surface area contributed by atoms with Crippen LogP contribution in [0.2, 0.25) is 0 Å². The average Bonchev–Trinajstić information content (AvgIpc) is 2.47. The van der Waals surface area contributed by atoms with Crippen molar-refractivity contribution in [1.29, 1.82) is 0 Å². The summed E-state index contributed by atoms with van der Waals surface area (Å²) >= 11 is 2.17. The summed E-state index contributed by atoms with van der Waals surface area (Å²) in [5.41, 5.74) is 2.08. The third-order valence-electron chi connectivity index (χ3n) is 3.28. The molecule has 0 aromatic heterocycles. The van der Waals surface area contributed by atoms with Gasteiger partial charge in [0.2, 0.25) is 0 Å². The van der Waals surface area contributed by atoms with Crippen LogP contribution in [-0.2, 0) is 16.0 Å². The molecule has 0 saturated carbocycles. The molecule has 2 aromatic carbocycles. The van der Waals surface area contributed by atoms with Gasteiger partial charge in [-0.1, -0.05) is 24.3 Å². The van der Waals surface area contributed by atoms with E-state index in [2.05, 4.69) is 27.9 Å². The third kappa shape index (κ3) is 3.07. The van der Waals surface area contributed by atoms with Gasteiger partial charge in [-0.05, 0) is 52.4 Å². The third-order valence-corrected chi connectivity index (χ3v) is 3.95. The molecule has 1 atom stereocenters. The number of halogens is 1. The zero-order chi connectivity index (χ0) is 14.8. The molecule has 1 N–H and O–H groups in total. The lowest BCUT2D eigenvalue weighted by Crippen LogP contribution is -2.37. The number of rotatable bonds is 2. The number of hydrogen-bond acceptors (Lipinski definition) is 3. The fourth-order valence-corrected chi connectivity index (χ4v) is 2.81. The minimum absolute atomic E-state index is 0.306. The highest BCUT2D eigenvalue weighted by atomic mass is 127. The molecule has 21 heavy (non-hydrogen) atoms. The van der Waals surface area contributed by atoms with Gasteiger partial charge in [0.25, 0.3) is 5.91 Å². The highest BCUT2D eigenvalue weighted by molar-refractivity contribution is 14.1. The second kappa shape index (κ2) is 5.85. The molecule has 5 heteroatoms. The highest BCUT2D eigenvalue weighted by Crippen LogP contribution is 2.21. The summed E-state index contributed by atoms with van der Waals surface area (Å²) in [6, 6.07) is 14.7. The Morgan fingerprint density at radius 2 is 2.00 bits per heavy atom. The maximum atomic E-state index is 12.2. The smallest absolute Gasteiger partial charge is 0.339 e. The van der Waals surface area contributed by atoms with Gasteiger partial charge in [-0.15, -0.1) is 0 Å². The van der Waals surface area contributed by atoms with Crippen molar-refractivity contribution in [3.05, 3.63) is 63.2 Å². The zero-order valence-corrected chi connectivity index (χ0v) is 13.2. The van der Waals surface area contributed by atoms with Crippen molar-refractivity contribution in [2.45, 2.75) is 12.5 Å². The molecule has 1 amide bonds. The van der Waals surface area contributed by atoms with E-state index in [9.17, 15) is 9.59 Å². The number of carbonyl (C=O) groups is 2. The van der Waals surface area contributed by atoms with Gasteiger partial charge in [-0.3, -0.25) is 4.79 Å². The van der Waals surface area contributed by atoms with Crippen molar-refractivity contribution >= 4 is 40.2 Å². The van der Waals surface area contributed by atoms with Crippen LogP contribution in [0.1, 0.15) is 15.9 Å². The van der Waals surface area contributed by atoms with Crippen LogP contribution >= 0.6 is 22.6 Å². The average molecular weight is 393 g/mol. The maximum Gasteiger partial charge on any atom is 0.339 e. The van der Waals surface area contributed by atoms with Crippen molar-refractivity contribution in [3.63, 3.8) is 0 Å². The van der Waals surface area contributed by atoms with Crippen LogP contribution in [0.25, 0.3) is 0 Å². The van der Waals surface area contributed by atoms with Gasteiger partial charge >= 0.3 is 5.97 Å². The van der Waals surface area contributed by atoms with Crippen LogP contribution in [0.15, 0.2) is 48.5 Å². The van der Waals surface area contributed by atoms with Crippen molar-refractivity contribution in [1.82, 2.24) is 0 Å². The summed E-state index contributed by atoms with van der Waals surface area (Å²) < 4.78 is 6.25. The first-order valence-corrected chi connectivity index (χ1v) is 7.57. The van der Waals surface area contributed by atoms with E-state index in [-0.39, 0.29) is 5.91 Å². The number of carbonyl (C=O) groups excluding carboxylic acids is 2. The number of cyclic esters (lactones) is 1. The Balaban J connectivity index is 1.76. The largest absolute Gasteiger partial charge is 0.448 e. The minimum Gasteiger partial charge on any atom is -0.448 e. The summed E-state index contributed by atoms with van der Waals surface area (Å²) in [5.74, 6) is -0.750. The van der Waals surface area contributed by atoms with E-state index in [0.717, 1.165) is 9.13 Å². The summed E-state index contributed by atoms with van der Waals surface area (Å²) in [7, 11) is 0. The van der Waals surface area contributed by atoms with Crippen molar-refractivity contribution in [2.75, 3.05) is 5.32 Å². The van der Waals surface area contributed by atoms with Crippen molar-refractivity contribution in [3.8, 4) is 0 Å². The molecule has 1 aliphatic rings. The quantitative estimate of drug-likeness (QED) is 0.631. The highest BCUT2D eigenvalue weighted by Gasteiger charge is 2.30. The minimum atomic E-state index is -0.787. The first-order chi connectivity index (χ1) is 10.1. The van der Waals surface area contributed by atoms with Gasteiger partial charge in [0.05, 0.1) is 5.56 Å². The molecule has 1 unspecified atom stereocenters. The molecule has 0 fully saturated rings. The Morgan fingerprint density at radius 1 is 1.19 bits per heavy atom. The molecule has 4 nitrogen and oxygen atoms in total. The molecular formula is C16H12INO3. The van der Waals surface area contributed by atoms with E-state index in [1.807, 2.05) is 30.3 Å². The second-order valence-electron chi connectivity index (χ2n) is 4.75. The van der Waals surface area contributed by atoms with E-state index in [1.54, 1.807) is 18.2 Å². The number of amides is 1. The Labute approximate surface area is 135 Å². The summed E-state index contributed by atoms with van der Waals surface area (Å²) in [6.07, 6.45) is -0.386. The van der Waals surface area contributed by atoms with Gasteiger partial charge < -0.3 is 10.1 Å². The van der Waals surface area contributed by atoms with Crippen LogP contribution in [0.5, 0.6) is 0 Å². The van der Waals surface area contributed by atoms with Gasteiger partial charge in [0.15, 0.2) is 6.10 Å². The van der Waals surface area contributed by atoms with Gasteiger partial charge in [-0.2, -0.15) is 0 Å². The van der Waals surface area contributed by atoms with E-state index >= 15 is 0 Å². The number of fused-ring (bicyclic) bond motifs is 1. The van der Waals surface area contributed by atoms with Crippen LogP contribution in [-0.4, -0.2) is 18.0 Å². The topological polar surface area (TPSA) is 55.4 Å². The monoisotopic (exact) mass is 393 g/mol. The fourth-order valence-electron chi connectivity index (χ4n) is 2.27. The molecule has 1 aliphatic heterocycles. The van der Waals surface area contributed by atoms with Gasteiger partial charge in [0, 0.05) is 15.7 Å². The number of ether oxygens (including phenoxy) is 1. The zero-order valence-electron chi connectivity index (χ0n) is 11.0. The fraction of sp³-hybridized carbons (Fsp3) is 0.125. The molecule has 106 valence electrons. The molecule has 0 bridgehead atoms. The van der Waals surface area contributed by atoms with Crippen molar-refractivity contribution < 1.29 is 14.3 Å². The predicted molar refractivity (Wildman–Crippen MR) is 87.1 cm³/mol. The van der Waals surface area contributed by atoms with E-state index in [0.29, 0.717) is 17.7 Å². The van der Waals surface area contributed by atoms with Gasteiger partial charge in [-0.25, -0.2) is 4.79 Å². The molecule has 0 spiro atoms. The molecular weight excluding hydrogens is 381 g/mol. The Bertz CT molecular complexity index is 714. The lowest BCUT2D eigenvalue weighted by molar-refractivity contribution is -0.125. The Morgan fingerprint density at radius 3 is 2.81 bits per heavy atom. The molecule has 0 aliphatic carbocycles. The SMILES string of the molecule is O=C1OC(C(=O)Nc2cccc(I)c2)Cc2ccccc21. The van der Waals surface area contributed by atoms with E-state index in [4.69, 9.17) is 4.74 Å². The van der Waals surface area contributed by atoms with Crippen LogP contribution in [0, 0.1) is 3.57 Å². The Hall–Kier alpha value is -1.89. The molecule has 3 rings (SSSR count). The predicted octanol–water partition coefficient (Wildman–Crippen LogP) is 3.01. The standard InChI is InChI=1S/C16H12INO3/c17-11-5-3-6-12(9-11)18-15(19)14-8-10-4-1-2-7-13(10)16(20)21-14/h1-7,9,14H,8H2,(H,18,19). The normalized spacial score (nSPS) is 16.8. The first kappa shape index (κ1) is 14.1. The summed E-state index contributed by atoms with van der Waals surface area (Å²) in [4.78, 5) is 24.1. The van der Waals surface area contributed by atoms with Gasteiger partial charge in [0.1, 0.15) is 0 Å². The lowest BCUT2D eigenvalue weighted by atomic mass is 9.98. The van der Waals surface area contributed by atoms with Crippen LogP contribution in [0.4, 0.5) is 5.69 Å². The number of benzene rings is 2. The molecule has 0 radical (unpaired) electrons. The van der Waals surface area contributed by atoms with Crippen LogP contribution < -0.4 is 5.32 Å². The number of hydrogen-bond donors (Lipinski definition) is 1. The second-order valence-corrected chi connectivity index (χ2v) is 6.00. The van der Waals surface area contributed by atoms with Crippen molar-refractivity contribution in [2.24, 2.45) is 0 Å². The lowest BCUT2D eigenvalue weighted by Gasteiger charge is -2.23. The molecule has 2 aromatic rings. The molecule has 0 saturated heterocycles. The Kier molecular flexibility index (Phi) is 3.92. The number of esters is 1. The number of anilines is 1. The summed E-state index contributed by atoms with van der Waals surface area (Å²) in [5, 5.41) is 2.78. The van der Waals surface area contributed by atoms with Crippen LogP contribution in [0.3, 0.4) is 0 Å². The first-order valence-electron chi connectivity index (χ1n) is 6.49. The van der Waals surface area contributed by atoms with E-state index < -0.39 is 12.1 Å². The number of nitrogens with one attached hydrogen (secondary N) is 1. The summed E-state index contributed by atoms with van der Waals surface area (Å²) in [6.45, 7) is 0. The maximum absolute atomic E-state index is 12.2. The van der Waals surface area contributed by atoms with E-state index in [1.165, 1.54) is 0 Å². The molecule has 1 heterocycles.